The lowest BCUT2D eigenvalue weighted by molar-refractivity contribution is -0.130. The minimum Gasteiger partial charge on any atom is -0.444 e. The fourth-order valence-electron chi connectivity index (χ4n) is 6.38. The molecule has 3 atom stereocenters. The molecule has 0 bridgehead atoms. The number of hydrogen-bond acceptors (Lipinski definition) is 6. The van der Waals surface area contributed by atoms with E-state index in [1.807, 2.05) is 69.3 Å². The van der Waals surface area contributed by atoms with Crippen molar-refractivity contribution in [3.05, 3.63) is 95.6 Å². The number of benzene rings is 2. The molecule has 1 aromatic heterocycles. The maximum absolute atomic E-state index is 15.7. The Balaban J connectivity index is 1.54. The summed E-state index contributed by atoms with van der Waals surface area (Å²) in [6.45, 7) is 10.9. The highest BCUT2D eigenvalue weighted by molar-refractivity contribution is 5.97. The number of methoxy groups -OCH3 is 1. The molecule has 49 heavy (non-hydrogen) atoms. The van der Waals surface area contributed by atoms with Crippen LogP contribution in [0.25, 0.3) is 0 Å². The zero-order valence-electron chi connectivity index (χ0n) is 29.6. The predicted molar refractivity (Wildman–Crippen MR) is 186 cm³/mol. The summed E-state index contributed by atoms with van der Waals surface area (Å²) in [6, 6.07) is 18.4. The molecule has 9 nitrogen and oxygen atoms in total. The topological polar surface area (TPSA) is 110 Å². The van der Waals surface area contributed by atoms with Crippen LogP contribution in [0.4, 0.5) is 14.9 Å². The molecule has 1 saturated carbocycles. The summed E-state index contributed by atoms with van der Waals surface area (Å²) in [5.74, 6) is -0.878. The highest BCUT2D eigenvalue weighted by Gasteiger charge is 2.51. The summed E-state index contributed by atoms with van der Waals surface area (Å²) < 4.78 is 27.4. The molecule has 3 aromatic rings. The first-order valence-corrected chi connectivity index (χ1v) is 17.0. The number of halogens is 1. The normalized spacial score (nSPS) is 20.7. The molecule has 1 aliphatic carbocycles. The molecule has 0 radical (unpaired) electrons. The van der Waals surface area contributed by atoms with Crippen molar-refractivity contribution in [1.82, 2.24) is 15.2 Å². The molecule has 1 saturated heterocycles. The van der Waals surface area contributed by atoms with Crippen LogP contribution in [-0.4, -0.2) is 53.1 Å². The van der Waals surface area contributed by atoms with E-state index in [0.717, 1.165) is 24.8 Å². The van der Waals surface area contributed by atoms with E-state index in [9.17, 15) is 14.4 Å². The lowest BCUT2D eigenvalue weighted by Crippen LogP contribution is -2.51. The standard InChI is InChI=1S/C39H49FN4O5/c1-36(2,3)34(46)43-39(21-20-26-16-17-26,32-15-11-12-22-41-32)28-18-19-29(40)30(23-28)42-33(45)31-24-38(48-7,27-13-9-8-10-14-27)25-44(31)35(47)49-37(4,5)6/h8-15,18-19,22-23,26,31H,16-17,20-21,24-25H2,1-7H3,(H,42,45)(H,43,46)/t31-,38-,39?/m1/s1. The maximum Gasteiger partial charge on any atom is 0.411 e. The first-order valence-electron chi connectivity index (χ1n) is 17.0. The average molecular weight is 673 g/mol. The van der Waals surface area contributed by atoms with E-state index < -0.39 is 46.0 Å². The number of ether oxygens (including phenoxy) is 2. The summed E-state index contributed by atoms with van der Waals surface area (Å²) >= 11 is 0. The molecular formula is C39H49FN4O5. The predicted octanol–water partition coefficient (Wildman–Crippen LogP) is 7.31. The minimum absolute atomic E-state index is 0.0613. The van der Waals surface area contributed by atoms with E-state index in [1.54, 1.807) is 46.2 Å². The Hall–Kier alpha value is -4.31. The number of anilines is 1. The van der Waals surface area contributed by atoms with Crippen LogP contribution < -0.4 is 10.6 Å². The zero-order chi connectivity index (χ0) is 35.6. The van der Waals surface area contributed by atoms with Gasteiger partial charge in [0.25, 0.3) is 0 Å². The molecule has 262 valence electrons. The number of hydrogen-bond donors (Lipinski definition) is 2. The smallest absolute Gasteiger partial charge is 0.411 e. The Morgan fingerprint density at radius 2 is 1.67 bits per heavy atom. The van der Waals surface area contributed by atoms with Crippen molar-refractivity contribution < 1.29 is 28.2 Å². The number of nitrogens with zero attached hydrogens (tertiary/aromatic N) is 2. The number of carbonyl (C=O) groups excluding carboxylic acids is 3. The SMILES string of the molecule is CO[C@]1(c2ccccc2)C[C@H](C(=O)Nc2cc(C(CCC3CC3)(NC(=O)C(C)(C)C)c3ccccn3)ccc2F)N(C(=O)OC(C)(C)C)C1. The van der Waals surface area contributed by atoms with Crippen LogP contribution in [0.1, 0.15) is 90.5 Å². The molecule has 2 N–H and O–H groups in total. The third kappa shape index (κ3) is 8.12. The number of rotatable bonds is 10. The molecule has 1 aliphatic heterocycles. The first-order chi connectivity index (χ1) is 23.1. The summed E-state index contributed by atoms with van der Waals surface area (Å²) in [7, 11) is 1.55. The van der Waals surface area contributed by atoms with Crippen molar-refractivity contribution in [3.8, 4) is 0 Å². The summed E-state index contributed by atoms with van der Waals surface area (Å²) in [4.78, 5) is 47.4. The van der Waals surface area contributed by atoms with Crippen molar-refractivity contribution in [2.45, 2.75) is 96.4 Å². The third-order valence-electron chi connectivity index (χ3n) is 9.40. The van der Waals surface area contributed by atoms with Crippen molar-refractivity contribution in [3.63, 3.8) is 0 Å². The molecule has 0 spiro atoms. The van der Waals surface area contributed by atoms with Crippen LogP contribution in [0, 0.1) is 17.2 Å². The van der Waals surface area contributed by atoms with E-state index in [2.05, 4.69) is 15.6 Å². The van der Waals surface area contributed by atoms with Gasteiger partial charge in [0.2, 0.25) is 11.8 Å². The van der Waals surface area contributed by atoms with Crippen molar-refractivity contribution >= 4 is 23.6 Å². The maximum atomic E-state index is 15.7. The zero-order valence-corrected chi connectivity index (χ0v) is 29.6. The van der Waals surface area contributed by atoms with Gasteiger partial charge in [0, 0.05) is 25.1 Å². The van der Waals surface area contributed by atoms with Gasteiger partial charge in [-0.3, -0.25) is 19.5 Å². The van der Waals surface area contributed by atoms with Crippen LogP contribution >= 0.6 is 0 Å². The van der Waals surface area contributed by atoms with Gasteiger partial charge >= 0.3 is 6.09 Å². The van der Waals surface area contributed by atoms with Crippen LogP contribution in [0.5, 0.6) is 0 Å². The van der Waals surface area contributed by atoms with Crippen LogP contribution in [0.15, 0.2) is 72.9 Å². The number of nitrogens with one attached hydrogen (secondary N) is 2. The van der Waals surface area contributed by atoms with E-state index in [-0.39, 0.29) is 24.6 Å². The van der Waals surface area contributed by atoms with Gasteiger partial charge in [-0.15, -0.1) is 0 Å². The highest BCUT2D eigenvalue weighted by Crippen LogP contribution is 2.43. The number of amides is 3. The van der Waals surface area contributed by atoms with Gasteiger partial charge in [0.15, 0.2) is 0 Å². The monoisotopic (exact) mass is 672 g/mol. The van der Waals surface area contributed by atoms with E-state index in [4.69, 9.17) is 9.47 Å². The number of carbonyl (C=O) groups is 3. The second-order valence-electron chi connectivity index (χ2n) is 15.4. The second kappa shape index (κ2) is 13.9. The van der Waals surface area contributed by atoms with Gasteiger partial charge in [-0.25, -0.2) is 9.18 Å². The van der Waals surface area contributed by atoms with E-state index in [0.29, 0.717) is 23.6 Å². The van der Waals surface area contributed by atoms with Gasteiger partial charge < -0.3 is 20.1 Å². The van der Waals surface area contributed by atoms with Gasteiger partial charge in [0.05, 0.1) is 17.9 Å². The van der Waals surface area contributed by atoms with Gasteiger partial charge in [-0.1, -0.05) is 76.1 Å². The summed E-state index contributed by atoms with van der Waals surface area (Å²) in [5, 5.41) is 6.08. The molecule has 10 heteroatoms. The Morgan fingerprint density at radius 3 is 2.27 bits per heavy atom. The highest BCUT2D eigenvalue weighted by atomic mass is 19.1. The fourth-order valence-corrected chi connectivity index (χ4v) is 6.38. The van der Waals surface area contributed by atoms with Crippen LogP contribution in [0.3, 0.4) is 0 Å². The fraction of sp³-hybridized carbons (Fsp3) is 0.487. The lowest BCUT2D eigenvalue weighted by atomic mass is 9.79. The van der Waals surface area contributed by atoms with Gasteiger partial charge in [-0.2, -0.15) is 0 Å². The van der Waals surface area contributed by atoms with Crippen molar-refractivity contribution in [2.24, 2.45) is 11.3 Å². The molecule has 2 aromatic carbocycles. The Labute approximate surface area is 289 Å². The molecule has 1 unspecified atom stereocenters. The minimum atomic E-state index is -1.09. The van der Waals surface area contributed by atoms with Gasteiger partial charge in [0.1, 0.15) is 28.6 Å². The number of aromatic nitrogens is 1. The molecule has 2 heterocycles. The average Bonchev–Trinajstić information content (AvgIpc) is 3.80. The summed E-state index contributed by atoms with van der Waals surface area (Å²) in [5.41, 5.74) is -1.65. The van der Waals surface area contributed by atoms with E-state index >= 15 is 4.39 Å². The molecular weight excluding hydrogens is 623 g/mol. The lowest BCUT2D eigenvalue weighted by Gasteiger charge is -2.38. The quantitative estimate of drug-likeness (QED) is 0.234. The van der Waals surface area contributed by atoms with Gasteiger partial charge in [-0.05, 0) is 74.9 Å². The Morgan fingerprint density at radius 1 is 0.980 bits per heavy atom. The number of likely N-dealkylation sites (tertiary alicyclic amines) is 1. The first kappa shape index (κ1) is 36.0. The Bertz CT molecular complexity index is 1650. The molecule has 2 fully saturated rings. The summed E-state index contributed by atoms with van der Waals surface area (Å²) in [6.07, 6.45) is 4.76. The molecule has 5 rings (SSSR count). The number of pyridine rings is 1. The van der Waals surface area contributed by atoms with Crippen LogP contribution in [-0.2, 0) is 30.2 Å². The third-order valence-corrected chi connectivity index (χ3v) is 9.40. The molecule has 2 aliphatic rings. The van der Waals surface area contributed by atoms with Crippen LogP contribution in [0.2, 0.25) is 0 Å². The second-order valence-corrected chi connectivity index (χ2v) is 15.4. The van der Waals surface area contributed by atoms with E-state index in [1.165, 1.54) is 11.0 Å². The van der Waals surface area contributed by atoms with Crippen molar-refractivity contribution in [1.29, 1.82) is 0 Å². The largest absolute Gasteiger partial charge is 0.444 e. The van der Waals surface area contributed by atoms with Crippen molar-refractivity contribution in [2.75, 3.05) is 19.0 Å². The molecule has 3 amide bonds. The Kier molecular flexibility index (Phi) is 10.2.